The van der Waals surface area contributed by atoms with E-state index in [0.29, 0.717) is 26.2 Å². The third-order valence-electron chi connectivity index (χ3n) is 4.07. The summed E-state index contributed by atoms with van der Waals surface area (Å²) >= 11 is 0. The molecule has 0 aliphatic heterocycles. The Labute approximate surface area is 145 Å². The predicted molar refractivity (Wildman–Crippen MR) is 91.8 cm³/mol. The molecule has 1 aliphatic rings. The summed E-state index contributed by atoms with van der Waals surface area (Å²) in [5, 5.41) is 0. The highest BCUT2D eigenvalue weighted by Crippen LogP contribution is 2.50. The zero-order valence-electron chi connectivity index (χ0n) is 16.0. The van der Waals surface area contributed by atoms with Crippen LogP contribution in [0, 0.1) is 5.92 Å². The highest BCUT2D eigenvalue weighted by atomic mass is 16.6. The van der Waals surface area contributed by atoms with Gasteiger partial charge in [-0.1, -0.05) is 13.3 Å². The Hall–Kier alpha value is -1.30. The molecule has 1 aliphatic carbocycles. The lowest BCUT2D eigenvalue weighted by Crippen LogP contribution is -2.51. The van der Waals surface area contributed by atoms with Crippen LogP contribution in [0.15, 0.2) is 0 Å². The fraction of sp³-hybridized carbons (Fsp3) is 0.889. The molecule has 0 heterocycles. The van der Waals surface area contributed by atoms with Crippen molar-refractivity contribution in [1.29, 1.82) is 0 Å². The molecule has 140 valence electrons. The van der Waals surface area contributed by atoms with Gasteiger partial charge in [-0.2, -0.15) is 0 Å². The first-order valence-corrected chi connectivity index (χ1v) is 8.98. The molecule has 6 heteroatoms. The first-order valence-electron chi connectivity index (χ1n) is 8.98. The van der Waals surface area contributed by atoms with Crippen molar-refractivity contribution in [3.63, 3.8) is 0 Å². The Bertz CT molecular complexity index is 432. The van der Waals surface area contributed by atoms with Crippen molar-refractivity contribution in [2.75, 3.05) is 26.4 Å². The summed E-state index contributed by atoms with van der Waals surface area (Å²) in [6, 6.07) is 0. The zero-order valence-corrected chi connectivity index (χ0v) is 16.0. The summed E-state index contributed by atoms with van der Waals surface area (Å²) in [7, 11) is 0. The second-order valence-corrected chi connectivity index (χ2v) is 7.20. The minimum absolute atomic E-state index is 0.0409. The number of hydrogen-bond donors (Lipinski definition) is 0. The molecule has 0 unspecified atom stereocenters. The van der Waals surface area contributed by atoms with Crippen molar-refractivity contribution in [2.45, 2.75) is 71.9 Å². The fourth-order valence-corrected chi connectivity index (χ4v) is 2.82. The first-order chi connectivity index (χ1) is 11.2. The number of ether oxygens (including phenoxy) is 3. The van der Waals surface area contributed by atoms with Crippen LogP contribution >= 0.6 is 0 Å². The highest BCUT2D eigenvalue weighted by Gasteiger charge is 2.66. The van der Waals surface area contributed by atoms with Crippen LogP contribution in [0.25, 0.3) is 0 Å². The number of rotatable bonds is 9. The lowest BCUT2D eigenvalue weighted by Gasteiger charge is -2.32. The van der Waals surface area contributed by atoms with E-state index in [4.69, 9.17) is 14.2 Å². The summed E-state index contributed by atoms with van der Waals surface area (Å²) in [6.45, 7) is 13.0. The van der Waals surface area contributed by atoms with E-state index in [1.165, 1.54) is 4.90 Å². The number of carbonyl (C=O) groups excluding carboxylic acids is 2. The standard InChI is InChI=1S/C18H33NO5/c1-7-10-11-22-13-14-12-18(14,15(20)23-9-3)19(8-2)16(21)24-17(4,5)6/h14H,7-13H2,1-6H3/t14-,18+/m0/s1. The number of nitrogens with zero attached hydrogens (tertiary/aromatic N) is 1. The summed E-state index contributed by atoms with van der Waals surface area (Å²) in [5.41, 5.74) is -1.55. The average molecular weight is 343 g/mol. The average Bonchev–Trinajstić information content (AvgIpc) is 3.18. The van der Waals surface area contributed by atoms with Crippen LogP contribution in [0.4, 0.5) is 4.79 Å². The molecule has 1 rings (SSSR count). The van der Waals surface area contributed by atoms with Gasteiger partial charge in [0.2, 0.25) is 0 Å². The molecular formula is C18H33NO5. The second kappa shape index (κ2) is 8.70. The van der Waals surface area contributed by atoms with Crippen LogP contribution in [0.2, 0.25) is 0 Å². The maximum absolute atomic E-state index is 12.6. The number of carbonyl (C=O) groups is 2. The third-order valence-corrected chi connectivity index (χ3v) is 4.07. The normalized spacial score (nSPS) is 22.8. The molecule has 1 amide bonds. The lowest BCUT2D eigenvalue weighted by atomic mass is 10.1. The molecule has 0 bridgehead atoms. The van der Waals surface area contributed by atoms with E-state index >= 15 is 0 Å². The van der Waals surface area contributed by atoms with Crippen LogP contribution in [0.3, 0.4) is 0 Å². The maximum atomic E-state index is 12.6. The van der Waals surface area contributed by atoms with Gasteiger partial charge in [-0.25, -0.2) is 9.59 Å². The van der Waals surface area contributed by atoms with Gasteiger partial charge in [-0.05, 0) is 47.5 Å². The minimum atomic E-state index is -0.945. The van der Waals surface area contributed by atoms with E-state index in [1.54, 1.807) is 6.92 Å². The fourth-order valence-electron chi connectivity index (χ4n) is 2.82. The number of amides is 1. The Balaban J connectivity index is 2.85. The van der Waals surface area contributed by atoms with E-state index in [1.807, 2.05) is 27.7 Å². The van der Waals surface area contributed by atoms with Gasteiger partial charge in [0, 0.05) is 19.1 Å². The molecule has 2 atom stereocenters. The second-order valence-electron chi connectivity index (χ2n) is 7.20. The quantitative estimate of drug-likeness (QED) is 0.474. The molecule has 0 N–H and O–H groups in total. The maximum Gasteiger partial charge on any atom is 0.411 e. The van der Waals surface area contributed by atoms with Crippen molar-refractivity contribution in [3.8, 4) is 0 Å². The molecule has 0 spiro atoms. The van der Waals surface area contributed by atoms with Gasteiger partial charge in [-0.3, -0.25) is 4.90 Å². The SMILES string of the molecule is CCCCOC[C@@H]1C[C@@]1(C(=O)OCC)N(CC)C(=O)OC(C)(C)C. The molecule has 6 nitrogen and oxygen atoms in total. The van der Waals surface area contributed by atoms with Crippen LogP contribution in [0.1, 0.15) is 60.8 Å². The van der Waals surface area contributed by atoms with E-state index < -0.39 is 17.2 Å². The van der Waals surface area contributed by atoms with Crippen molar-refractivity contribution in [2.24, 2.45) is 5.92 Å². The summed E-state index contributed by atoms with van der Waals surface area (Å²) in [4.78, 5) is 26.6. The summed E-state index contributed by atoms with van der Waals surface area (Å²) in [6.07, 6.45) is 2.13. The van der Waals surface area contributed by atoms with Crippen LogP contribution in [-0.2, 0) is 19.0 Å². The topological polar surface area (TPSA) is 65.1 Å². The van der Waals surface area contributed by atoms with Gasteiger partial charge in [0.25, 0.3) is 0 Å². The highest BCUT2D eigenvalue weighted by molar-refractivity contribution is 5.89. The lowest BCUT2D eigenvalue weighted by molar-refractivity contribution is -0.152. The Morgan fingerprint density at radius 2 is 1.88 bits per heavy atom. The number of esters is 1. The van der Waals surface area contributed by atoms with Gasteiger partial charge in [-0.15, -0.1) is 0 Å². The number of hydrogen-bond acceptors (Lipinski definition) is 5. The molecule has 0 saturated heterocycles. The molecule has 24 heavy (non-hydrogen) atoms. The van der Waals surface area contributed by atoms with Crippen molar-refractivity contribution >= 4 is 12.1 Å². The Morgan fingerprint density at radius 3 is 2.38 bits per heavy atom. The van der Waals surface area contributed by atoms with Crippen LogP contribution < -0.4 is 0 Å². The van der Waals surface area contributed by atoms with Gasteiger partial charge < -0.3 is 14.2 Å². The summed E-state index contributed by atoms with van der Waals surface area (Å²) < 4.78 is 16.4. The van der Waals surface area contributed by atoms with Gasteiger partial charge >= 0.3 is 12.1 Å². The van der Waals surface area contributed by atoms with Crippen molar-refractivity contribution in [1.82, 2.24) is 4.90 Å². The summed E-state index contributed by atoms with van der Waals surface area (Å²) in [5.74, 6) is -0.400. The number of unbranched alkanes of at least 4 members (excludes halogenated alkanes) is 1. The molecule has 1 fully saturated rings. The number of likely N-dealkylation sites (N-methyl/N-ethyl adjacent to an activating group) is 1. The van der Waals surface area contributed by atoms with E-state index in [-0.39, 0.29) is 18.5 Å². The van der Waals surface area contributed by atoms with E-state index in [2.05, 4.69) is 6.92 Å². The first kappa shape index (κ1) is 20.7. The van der Waals surface area contributed by atoms with Gasteiger partial charge in [0.15, 0.2) is 0 Å². The third kappa shape index (κ3) is 5.10. The monoisotopic (exact) mass is 343 g/mol. The molecule has 1 saturated carbocycles. The molecular weight excluding hydrogens is 310 g/mol. The molecule has 0 aromatic carbocycles. The Kier molecular flexibility index (Phi) is 7.52. The van der Waals surface area contributed by atoms with E-state index in [9.17, 15) is 9.59 Å². The zero-order chi connectivity index (χ0) is 18.4. The molecule has 0 aromatic heterocycles. The predicted octanol–water partition coefficient (Wildman–Crippen LogP) is 3.38. The Morgan fingerprint density at radius 1 is 1.21 bits per heavy atom. The van der Waals surface area contributed by atoms with Crippen LogP contribution in [0.5, 0.6) is 0 Å². The van der Waals surface area contributed by atoms with Crippen molar-refractivity contribution < 1.29 is 23.8 Å². The van der Waals surface area contributed by atoms with E-state index in [0.717, 1.165) is 12.8 Å². The minimum Gasteiger partial charge on any atom is -0.464 e. The molecule has 0 radical (unpaired) electrons. The van der Waals surface area contributed by atoms with Gasteiger partial charge in [0.1, 0.15) is 11.1 Å². The van der Waals surface area contributed by atoms with Gasteiger partial charge in [0.05, 0.1) is 13.2 Å². The largest absolute Gasteiger partial charge is 0.464 e. The van der Waals surface area contributed by atoms with Crippen molar-refractivity contribution in [3.05, 3.63) is 0 Å². The van der Waals surface area contributed by atoms with Crippen LogP contribution in [-0.4, -0.2) is 54.5 Å². The molecule has 0 aromatic rings. The smallest absolute Gasteiger partial charge is 0.411 e.